The molecule has 0 saturated heterocycles. The number of benzene rings is 2. The normalized spacial score (nSPS) is 15.9. The third-order valence-corrected chi connectivity index (χ3v) is 6.34. The molecule has 2 heterocycles. The lowest BCUT2D eigenvalue weighted by Gasteiger charge is -2.14. The van der Waals surface area contributed by atoms with Gasteiger partial charge in [-0.15, -0.1) is 0 Å². The average Bonchev–Trinajstić information content (AvgIpc) is 3.08. The number of pyridine rings is 1. The van der Waals surface area contributed by atoms with Gasteiger partial charge in [0.2, 0.25) is 5.91 Å². The van der Waals surface area contributed by atoms with Crippen molar-refractivity contribution in [1.82, 2.24) is 9.71 Å². The summed E-state index contributed by atoms with van der Waals surface area (Å²) in [7, 11) is -2.14. The zero-order chi connectivity index (χ0) is 23.4. The van der Waals surface area contributed by atoms with Gasteiger partial charge in [-0.25, -0.2) is 8.42 Å². The molecular formula is C23H22N4O5S. The van der Waals surface area contributed by atoms with Crippen LogP contribution >= 0.6 is 0 Å². The van der Waals surface area contributed by atoms with Crippen molar-refractivity contribution in [3.63, 3.8) is 0 Å². The van der Waals surface area contributed by atoms with E-state index in [0.29, 0.717) is 29.4 Å². The molecule has 4 rings (SSSR count). The molecule has 0 saturated carbocycles. The number of amidine groups is 1. The van der Waals surface area contributed by atoms with Crippen LogP contribution in [-0.2, 0) is 21.4 Å². The van der Waals surface area contributed by atoms with Gasteiger partial charge >= 0.3 is 0 Å². The van der Waals surface area contributed by atoms with Gasteiger partial charge in [-0.2, -0.15) is 0 Å². The van der Waals surface area contributed by atoms with Crippen molar-refractivity contribution in [2.45, 2.75) is 24.5 Å². The Kier molecular flexibility index (Phi) is 6.27. The number of aromatic nitrogens is 1. The van der Waals surface area contributed by atoms with Gasteiger partial charge in [0.15, 0.2) is 11.5 Å². The highest BCUT2D eigenvalue weighted by molar-refractivity contribution is 7.90. The molecule has 0 bridgehead atoms. The molecule has 1 aliphatic heterocycles. The van der Waals surface area contributed by atoms with Gasteiger partial charge < -0.3 is 14.8 Å². The summed E-state index contributed by atoms with van der Waals surface area (Å²) in [5, 5.41) is 2.78. The Morgan fingerprint density at radius 2 is 1.88 bits per heavy atom. The minimum Gasteiger partial charge on any atom is -0.493 e. The highest BCUT2D eigenvalue weighted by Crippen LogP contribution is 2.31. The molecule has 1 aliphatic rings. The average molecular weight is 467 g/mol. The minimum atomic E-state index is -3.67. The number of amides is 1. The number of nitrogens with zero attached hydrogens (tertiary/aromatic N) is 2. The molecule has 3 aromatic rings. The standard InChI is InChI=1S/C23H22N4O5S/c1-15(25-22-18-5-3-4-6-21(18)33(29,30)27-22)23(28)26-17-7-8-19(31-2)20(13-17)32-14-16-9-11-24-12-10-16/h3-13,15H,14H2,1-2H3,(H,25,27)(H,26,28)/t15-/m0/s1. The van der Waals surface area contributed by atoms with Gasteiger partial charge in [-0.05, 0) is 48.9 Å². The van der Waals surface area contributed by atoms with E-state index in [0.717, 1.165) is 5.56 Å². The second kappa shape index (κ2) is 9.29. The predicted molar refractivity (Wildman–Crippen MR) is 123 cm³/mol. The van der Waals surface area contributed by atoms with Crippen LogP contribution in [0.15, 0.2) is 76.9 Å². The fourth-order valence-corrected chi connectivity index (χ4v) is 4.48. The minimum absolute atomic E-state index is 0.141. The van der Waals surface area contributed by atoms with Gasteiger partial charge in [0.25, 0.3) is 10.0 Å². The molecule has 1 atom stereocenters. The third kappa shape index (κ3) is 4.96. The van der Waals surface area contributed by atoms with Crippen molar-refractivity contribution < 1.29 is 22.7 Å². The molecule has 0 aliphatic carbocycles. The molecule has 9 nitrogen and oxygen atoms in total. The molecule has 0 fully saturated rings. The fourth-order valence-electron chi connectivity index (χ4n) is 3.24. The van der Waals surface area contributed by atoms with Crippen LogP contribution in [0.3, 0.4) is 0 Å². The van der Waals surface area contributed by atoms with Crippen LogP contribution in [0, 0.1) is 0 Å². The maximum Gasteiger partial charge on any atom is 0.263 e. The fraction of sp³-hybridized carbons (Fsp3) is 0.174. The van der Waals surface area contributed by atoms with E-state index in [4.69, 9.17) is 9.47 Å². The SMILES string of the molecule is COc1ccc(NC(=O)[C@H](C)N=C2NS(=O)(=O)c3ccccc32)cc1OCc1ccncc1. The molecule has 1 aromatic heterocycles. The highest BCUT2D eigenvalue weighted by atomic mass is 32.2. The number of nitrogens with one attached hydrogen (secondary N) is 2. The van der Waals surface area contributed by atoms with Crippen molar-refractivity contribution in [2.24, 2.45) is 4.99 Å². The van der Waals surface area contributed by atoms with Crippen LogP contribution in [0.5, 0.6) is 11.5 Å². The van der Waals surface area contributed by atoms with Gasteiger partial charge in [-0.1, -0.05) is 12.1 Å². The zero-order valence-corrected chi connectivity index (χ0v) is 18.8. The maximum absolute atomic E-state index is 12.7. The number of ether oxygens (including phenoxy) is 2. The van der Waals surface area contributed by atoms with E-state index >= 15 is 0 Å². The van der Waals surface area contributed by atoms with E-state index in [1.54, 1.807) is 55.7 Å². The Morgan fingerprint density at radius 3 is 2.64 bits per heavy atom. The molecule has 0 spiro atoms. The predicted octanol–water partition coefficient (Wildman–Crippen LogP) is 2.73. The largest absolute Gasteiger partial charge is 0.493 e. The van der Waals surface area contributed by atoms with E-state index in [2.05, 4.69) is 20.0 Å². The lowest BCUT2D eigenvalue weighted by Crippen LogP contribution is -2.28. The molecule has 1 amide bonds. The first-order valence-corrected chi connectivity index (χ1v) is 11.6. The number of anilines is 1. The topological polar surface area (TPSA) is 119 Å². The molecule has 170 valence electrons. The molecule has 33 heavy (non-hydrogen) atoms. The van der Waals surface area contributed by atoms with Gasteiger partial charge in [0, 0.05) is 29.7 Å². The van der Waals surface area contributed by atoms with Gasteiger partial charge in [0.05, 0.1) is 12.0 Å². The van der Waals surface area contributed by atoms with E-state index in [1.807, 2.05) is 12.1 Å². The van der Waals surface area contributed by atoms with Crippen LogP contribution in [0.2, 0.25) is 0 Å². The summed E-state index contributed by atoms with van der Waals surface area (Å²) >= 11 is 0. The molecule has 2 N–H and O–H groups in total. The van der Waals surface area contributed by atoms with Gasteiger partial charge in [0.1, 0.15) is 18.5 Å². The Morgan fingerprint density at radius 1 is 1.12 bits per heavy atom. The lowest BCUT2D eigenvalue weighted by molar-refractivity contribution is -0.117. The van der Waals surface area contributed by atoms with Crippen LogP contribution in [0.25, 0.3) is 0 Å². The van der Waals surface area contributed by atoms with Crippen LogP contribution < -0.4 is 19.5 Å². The number of sulfonamides is 1. The van der Waals surface area contributed by atoms with Crippen molar-refractivity contribution in [2.75, 3.05) is 12.4 Å². The quantitative estimate of drug-likeness (QED) is 0.553. The number of carbonyl (C=O) groups is 1. The summed E-state index contributed by atoms with van der Waals surface area (Å²) < 4.78 is 38.1. The first-order chi connectivity index (χ1) is 15.9. The van der Waals surface area contributed by atoms with E-state index in [-0.39, 0.29) is 10.7 Å². The number of carbonyl (C=O) groups excluding carboxylic acids is 1. The summed E-state index contributed by atoms with van der Waals surface area (Å²) in [6, 6.07) is 14.4. The number of hydrogen-bond acceptors (Lipinski definition) is 7. The van der Waals surface area contributed by atoms with Crippen LogP contribution in [-0.4, -0.2) is 38.3 Å². The Balaban J connectivity index is 1.48. The third-order valence-electron chi connectivity index (χ3n) is 4.94. The van der Waals surface area contributed by atoms with Crippen molar-refractivity contribution in [3.8, 4) is 11.5 Å². The summed E-state index contributed by atoms with van der Waals surface area (Å²) in [6.45, 7) is 1.89. The van der Waals surface area contributed by atoms with Gasteiger partial charge in [-0.3, -0.25) is 19.5 Å². The van der Waals surface area contributed by atoms with E-state index in [1.165, 1.54) is 13.2 Å². The highest BCUT2D eigenvalue weighted by Gasteiger charge is 2.31. The van der Waals surface area contributed by atoms with Crippen molar-refractivity contribution in [1.29, 1.82) is 0 Å². The van der Waals surface area contributed by atoms with E-state index < -0.39 is 22.0 Å². The number of rotatable bonds is 7. The summed E-state index contributed by atoms with van der Waals surface area (Å²) in [5.74, 6) is 0.719. The molecule has 10 heteroatoms. The Bertz CT molecular complexity index is 1310. The van der Waals surface area contributed by atoms with Crippen LogP contribution in [0.4, 0.5) is 5.69 Å². The number of aliphatic imine (C=N–C) groups is 1. The Hall–Kier alpha value is -3.92. The summed E-state index contributed by atoms with van der Waals surface area (Å²) in [5.41, 5.74) is 1.86. The molecule has 2 aromatic carbocycles. The first kappa shape index (κ1) is 22.3. The van der Waals surface area contributed by atoms with E-state index in [9.17, 15) is 13.2 Å². The van der Waals surface area contributed by atoms with Crippen molar-refractivity contribution >= 4 is 27.5 Å². The monoisotopic (exact) mass is 466 g/mol. The van der Waals surface area contributed by atoms with Crippen LogP contribution in [0.1, 0.15) is 18.1 Å². The lowest BCUT2D eigenvalue weighted by atomic mass is 10.2. The number of fused-ring (bicyclic) bond motifs is 1. The first-order valence-electron chi connectivity index (χ1n) is 10.1. The second-order valence-electron chi connectivity index (χ2n) is 7.25. The summed E-state index contributed by atoms with van der Waals surface area (Å²) in [6.07, 6.45) is 3.36. The Labute approximate surface area is 191 Å². The molecule has 0 radical (unpaired) electrons. The maximum atomic E-state index is 12.7. The molecule has 0 unspecified atom stereocenters. The number of hydrogen-bond donors (Lipinski definition) is 2. The zero-order valence-electron chi connectivity index (χ0n) is 18.0. The van der Waals surface area contributed by atoms with Crippen molar-refractivity contribution in [3.05, 3.63) is 78.1 Å². The second-order valence-corrected chi connectivity index (χ2v) is 8.91. The summed E-state index contributed by atoms with van der Waals surface area (Å²) in [4.78, 5) is 21.2. The molecular weight excluding hydrogens is 444 g/mol. The number of methoxy groups -OCH3 is 1. The smallest absolute Gasteiger partial charge is 0.263 e.